The molecule has 1 aliphatic rings. The van der Waals surface area contributed by atoms with Crippen LogP contribution in [0.3, 0.4) is 0 Å². The molecule has 4 nitrogen and oxygen atoms in total. The van der Waals surface area contributed by atoms with Gasteiger partial charge in [-0.05, 0) is 25.2 Å². The van der Waals surface area contributed by atoms with Crippen molar-refractivity contribution in [2.45, 2.75) is 46.5 Å². The molecule has 0 aromatic carbocycles. The van der Waals surface area contributed by atoms with Gasteiger partial charge in [-0.1, -0.05) is 27.2 Å². The molecule has 17 heavy (non-hydrogen) atoms. The van der Waals surface area contributed by atoms with Gasteiger partial charge in [-0.2, -0.15) is 0 Å². The second-order valence-corrected chi connectivity index (χ2v) is 5.58. The third-order valence-electron chi connectivity index (χ3n) is 4.00. The Kier molecular flexibility index (Phi) is 4.54. The molecule has 0 aromatic rings. The molecule has 0 bridgehead atoms. The number of aliphatic carboxylic acids is 1. The lowest BCUT2D eigenvalue weighted by Crippen LogP contribution is -2.40. The molecule has 0 aliphatic heterocycles. The van der Waals surface area contributed by atoms with E-state index in [1.54, 1.807) is 0 Å². The first kappa shape index (κ1) is 14.0. The molecule has 4 heteroatoms. The lowest BCUT2D eigenvalue weighted by molar-refractivity contribution is -0.143. The van der Waals surface area contributed by atoms with Gasteiger partial charge in [0.15, 0.2) is 0 Å². The van der Waals surface area contributed by atoms with E-state index in [2.05, 4.69) is 5.32 Å². The third-order valence-corrected chi connectivity index (χ3v) is 4.00. The summed E-state index contributed by atoms with van der Waals surface area (Å²) in [6.07, 6.45) is 3.39. The van der Waals surface area contributed by atoms with Crippen LogP contribution in [0.25, 0.3) is 0 Å². The van der Waals surface area contributed by atoms with E-state index >= 15 is 0 Å². The molecule has 1 rings (SSSR count). The molecule has 1 saturated carbocycles. The van der Waals surface area contributed by atoms with Gasteiger partial charge in [0.1, 0.15) is 0 Å². The number of carboxylic acid groups (broad SMARTS) is 1. The van der Waals surface area contributed by atoms with Gasteiger partial charge < -0.3 is 10.4 Å². The first-order valence-corrected chi connectivity index (χ1v) is 6.39. The van der Waals surface area contributed by atoms with Crippen LogP contribution in [-0.4, -0.2) is 23.5 Å². The maximum absolute atomic E-state index is 11.9. The molecule has 0 aromatic heterocycles. The zero-order valence-electron chi connectivity index (χ0n) is 11.0. The Morgan fingerprint density at radius 3 is 2.53 bits per heavy atom. The van der Waals surface area contributed by atoms with Gasteiger partial charge in [0, 0.05) is 12.0 Å². The first-order valence-electron chi connectivity index (χ1n) is 6.39. The van der Waals surface area contributed by atoms with Crippen LogP contribution in [0.2, 0.25) is 0 Å². The lowest BCUT2D eigenvalue weighted by Gasteiger charge is -2.24. The summed E-state index contributed by atoms with van der Waals surface area (Å²) in [6, 6.07) is 0. The SMILES string of the molecule is CCC(C)(C)C(=O)NCC1CCCC1C(=O)O. The van der Waals surface area contributed by atoms with Gasteiger partial charge in [-0.15, -0.1) is 0 Å². The summed E-state index contributed by atoms with van der Waals surface area (Å²) in [6.45, 7) is 6.30. The van der Waals surface area contributed by atoms with Crippen LogP contribution in [0.5, 0.6) is 0 Å². The number of nitrogens with one attached hydrogen (secondary N) is 1. The summed E-state index contributed by atoms with van der Waals surface area (Å²) in [5.41, 5.74) is -0.364. The topological polar surface area (TPSA) is 66.4 Å². The molecule has 1 fully saturated rings. The van der Waals surface area contributed by atoms with E-state index in [4.69, 9.17) is 5.11 Å². The Balaban J connectivity index is 2.46. The molecule has 0 radical (unpaired) electrons. The van der Waals surface area contributed by atoms with Crippen molar-refractivity contribution in [3.8, 4) is 0 Å². The van der Waals surface area contributed by atoms with Crippen molar-refractivity contribution >= 4 is 11.9 Å². The first-order chi connectivity index (χ1) is 7.88. The second-order valence-electron chi connectivity index (χ2n) is 5.58. The molecule has 1 aliphatic carbocycles. The molecular formula is C13H23NO3. The normalized spacial score (nSPS) is 24.6. The highest BCUT2D eigenvalue weighted by atomic mass is 16.4. The maximum Gasteiger partial charge on any atom is 0.306 e. The minimum Gasteiger partial charge on any atom is -0.481 e. The Hall–Kier alpha value is -1.06. The molecule has 98 valence electrons. The van der Waals surface area contributed by atoms with E-state index in [9.17, 15) is 9.59 Å². The third kappa shape index (κ3) is 3.45. The molecule has 2 N–H and O–H groups in total. The highest BCUT2D eigenvalue weighted by molar-refractivity contribution is 5.81. The zero-order valence-corrected chi connectivity index (χ0v) is 11.0. The standard InChI is InChI=1S/C13H23NO3/c1-4-13(2,3)12(17)14-8-9-6-5-7-10(9)11(15)16/h9-10H,4-8H2,1-3H3,(H,14,17)(H,15,16). The monoisotopic (exact) mass is 241 g/mol. The van der Waals surface area contributed by atoms with E-state index < -0.39 is 5.97 Å². The number of carboxylic acids is 1. The van der Waals surface area contributed by atoms with E-state index in [1.165, 1.54) is 0 Å². The van der Waals surface area contributed by atoms with Crippen molar-refractivity contribution in [2.75, 3.05) is 6.54 Å². The second kappa shape index (κ2) is 5.52. The largest absolute Gasteiger partial charge is 0.481 e. The number of carbonyl (C=O) groups excluding carboxylic acids is 1. The predicted molar refractivity (Wildman–Crippen MR) is 65.5 cm³/mol. The van der Waals surface area contributed by atoms with Crippen molar-refractivity contribution in [3.05, 3.63) is 0 Å². The summed E-state index contributed by atoms with van der Waals surface area (Å²) < 4.78 is 0. The average Bonchev–Trinajstić information content (AvgIpc) is 2.73. The van der Waals surface area contributed by atoms with Crippen LogP contribution in [0.15, 0.2) is 0 Å². The molecule has 0 heterocycles. The fourth-order valence-corrected chi connectivity index (χ4v) is 2.23. The lowest BCUT2D eigenvalue weighted by atomic mass is 9.88. The summed E-state index contributed by atoms with van der Waals surface area (Å²) in [5, 5.41) is 11.9. The quantitative estimate of drug-likeness (QED) is 0.774. The Morgan fingerprint density at radius 2 is 2.00 bits per heavy atom. The molecule has 1 amide bonds. The van der Waals surface area contributed by atoms with Crippen molar-refractivity contribution < 1.29 is 14.7 Å². The molecular weight excluding hydrogens is 218 g/mol. The van der Waals surface area contributed by atoms with Crippen LogP contribution >= 0.6 is 0 Å². The fourth-order valence-electron chi connectivity index (χ4n) is 2.23. The molecule has 2 atom stereocenters. The van der Waals surface area contributed by atoms with Crippen LogP contribution in [0.1, 0.15) is 46.5 Å². The Bertz CT molecular complexity index is 299. The van der Waals surface area contributed by atoms with E-state index in [-0.39, 0.29) is 23.2 Å². The maximum atomic E-state index is 11.9. The van der Waals surface area contributed by atoms with Gasteiger partial charge in [0.2, 0.25) is 5.91 Å². The number of carbonyl (C=O) groups is 2. The van der Waals surface area contributed by atoms with Crippen molar-refractivity contribution in [3.63, 3.8) is 0 Å². The summed E-state index contributed by atoms with van der Waals surface area (Å²) in [5.74, 6) is -0.878. The van der Waals surface area contributed by atoms with E-state index in [1.807, 2.05) is 20.8 Å². The minimum atomic E-state index is -0.725. The Labute approximate surface area is 103 Å². The summed E-state index contributed by atoms with van der Waals surface area (Å²) in [7, 11) is 0. The Morgan fingerprint density at radius 1 is 1.35 bits per heavy atom. The molecule has 2 unspecified atom stereocenters. The van der Waals surface area contributed by atoms with Gasteiger partial charge in [0.05, 0.1) is 5.92 Å². The summed E-state index contributed by atoms with van der Waals surface area (Å²) >= 11 is 0. The number of hydrogen-bond donors (Lipinski definition) is 2. The van der Waals surface area contributed by atoms with Crippen molar-refractivity contribution in [1.82, 2.24) is 5.32 Å². The van der Waals surface area contributed by atoms with Crippen LogP contribution in [0, 0.1) is 17.3 Å². The van der Waals surface area contributed by atoms with Gasteiger partial charge in [-0.25, -0.2) is 0 Å². The van der Waals surface area contributed by atoms with Crippen LogP contribution in [-0.2, 0) is 9.59 Å². The van der Waals surface area contributed by atoms with E-state index in [0.717, 1.165) is 25.7 Å². The van der Waals surface area contributed by atoms with Crippen molar-refractivity contribution in [2.24, 2.45) is 17.3 Å². The highest BCUT2D eigenvalue weighted by Crippen LogP contribution is 2.31. The van der Waals surface area contributed by atoms with E-state index in [0.29, 0.717) is 6.54 Å². The highest BCUT2D eigenvalue weighted by Gasteiger charge is 2.34. The number of hydrogen-bond acceptors (Lipinski definition) is 2. The van der Waals surface area contributed by atoms with Crippen molar-refractivity contribution in [1.29, 1.82) is 0 Å². The average molecular weight is 241 g/mol. The molecule has 0 saturated heterocycles. The zero-order chi connectivity index (χ0) is 13.1. The molecule has 0 spiro atoms. The van der Waals surface area contributed by atoms with Gasteiger partial charge >= 0.3 is 5.97 Å². The van der Waals surface area contributed by atoms with Gasteiger partial charge in [-0.3, -0.25) is 9.59 Å². The predicted octanol–water partition coefficient (Wildman–Crippen LogP) is 2.04. The summed E-state index contributed by atoms with van der Waals surface area (Å²) in [4.78, 5) is 22.9. The van der Waals surface area contributed by atoms with Crippen LogP contribution in [0.4, 0.5) is 0 Å². The minimum absolute atomic E-state index is 0.0241. The smallest absolute Gasteiger partial charge is 0.306 e. The van der Waals surface area contributed by atoms with Gasteiger partial charge in [0.25, 0.3) is 0 Å². The number of amides is 1. The van der Waals surface area contributed by atoms with Crippen LogP contribution < -0.4 is 5.32 Å². The fraction of sp³-hybridized carbons (Fsp3) is 0.846. The number of rotatable bonds is 5.